The summed E-state index contributed by atoms with van der Waals surface area (Å²) in [6, 6.07) is 7.25. The van der Waals surface area contributed by atoms with Gasteiger partial charge in [0.2, 0.25) is 10.0 Å². The maximum Gasteiger partial charge on any atom is 0.255 e. The fraction of sp³-hybridized carbons (Fsp3) is 0.312. The lowest BCUT2D eigenvalue weighted by molar-refractivity contribution is 0.578. The maximum atomic E-state index is 12.6. The van der Waals surface area contributed by atoms with Crippen LogP contribution in [0, 0.1) is 27.7 Å². The zero-order valence-electron chi connectivity index (χ0n) is 14.0. The number of sulfonamides is 1. The number of aromatic nitrogens is 4. The second-order valence-electron chi connectivity index (χ2n) is 5.88. The van der Waals surface area contributed by atoms with Crippen LogP contribution in [0.5, 0.6) is 0 Å². The molecule has 7 nitrogen and oxygen atoms in total. The maximum absolute atomic E-state index is 12.6. The average molecular weight is 345 g/mol. The zero-order valence-corrected chi connectivity index (χ0v) is 14.8. The SMILES string of the molecule is Cc1ccc(C)c(S(=O)(=O)NCc2nnc3nc(C)cc(C)n23)c1. The molecule has 3 aromatic rings. The summed E-state index contributed by atoms with van der Waals surface area (Å²) < 4.78 is 29.5. The van der Waals surface area contributed by atoms with Crippen LogP contribution in [0.2, 0.25) is 0 Å². The molecule has 0 fully saturated rings. The molecule has 0 aliphatic carbocycles. The van der Waals surface area contributed by atoms with E-state index in [0.29, 0.717) is 17.2 Å². The van der Waals surface area contributed by atoms with E-state index in [9.17, 15) is 8.42 Å². The third kappa shape index (κ3) is 3.02. The van der Waals surface area contributed by atoms with Crippen LogP contribution in [0.3, 0.4) is 0 Å². The summed E-state index contributed by atoms with van der Waals surface area (Å²) >= 11 is 0. The number of nitrogens with one attached hydrogen (secondary N) is 1. The Morgan fingerprint density at radius 1 is 1.08 bits per heavy atom. The summed E-state index contributed by atoms with van der Waals surface area (Å²) in [4.78, 5) is 4.58. The van der Waals surface area contributed by atoms with E-state index in [4.69, 9.17) is 0 Å². The summed E-state index contributed by atoms with van der Waals surface area (Å²) in [6.45, 7) is 7.47. The fourth-order valence-electron chi connectivity index (χ4n) is 2.65. The summed E-state index contributed by atoms with van der Waals surface area (Å²) in [7, 11) is -3.63. The van der Waals surface area contributed by atoms with Gasteiger partial charge in [0.25, 0.3) is 5.78 Å². The monoisotopic (exact) mass is 345 g/mol. The van der Waals surface area contributed by atoms with Gasteiger partial charge < -0.3 is 0 Å². The quantitative estimate of drug-likeness (QED) is 0.779. The Bertz CT molecular complexity index is 1020. The van der Waals surface area contributed by atoms with Crippen molar-refractivity contribution in [3.05, 3.63) is 52.6 Å². The molecule has 0 radical (unpaired) electrons. The number of nitrogens with zero attached hydrogens (tertiary/aromatic N) is 4. The first-order valence-corrected chi connectivity index (χ1v) is 9.01. The van der Waals surface area contributed by atoms with Gasteiger partial charge in [-0.1, -0.05) is 12.1 Å². The lowest BCUT2D eigenvalue weighted by Crippen LogP contribution is -2.25. The Balaban J connectivity index is 1.92. The van der Waals surface area contributed by atoms with E-state index in [0.717, 1.165) is 17.0 Å². The van der Waals surface area contributed by atoms with Gasteiger partial charge in [-0.05, 0) is 51.0 Å². The summed E-state index contributed by atoms with van der Waals surface area (Å²) in [5, 5.41) is 8.07. The van der Waals surface area contributed by atoms with Gasteiger partial charge in [-0.2, -0.15) is 0 Å². The average Bonchev–Trinajstić information content (AvgIpc) is 2.91. The van der Waals surface area contributed by atoms with Crippen LogP contribution in [-0.4, -0.2) is 28.0 Å². The number of rotatable bonds is 4. The molecule has 0 unspecified atom stereocenters. The molecular formula is C16H19N5O2S. The Kier molecular flexibility index (Phi) is 4.10. The van der Waals surface area contributed by atoms with Crippen molar-refractivity contribution in [3.63, 3.8) is 0 Å². The lowest BCUT2D eigenvalue weighted by atomic mass is 10.2. The number of fused-ring (bicyclic) bond motifs is 1. The van der Waals surface area contributed by atoms with Crippen LogP contribution in [0.4, 0.5) is 0 Å². The molecule has 3 rings (SSSR count). The van der Waals surface area contributed by atoms with Gasteiger partial charge in [0.15, 0.2) is 5.82 Å². The summed E-state index contributed by atoms with van der Waals surface area (Å²) in [6.07, 6.45) is 0. The Hall–Kier alpha value is -2.32. The number of benzene rings is 1. The second-order valence-corrected chi connectivity index (χ2v) is 7.62. The highest BCUT2D eigenvalue weighted by atomic mass is 32.2. The normalized spacial score (nSPS) is 12.0. The Labute approximate surface area is 140 Å². The van der Waals surface area contributed by atoms with Crippen molar-refractivity contribution in [1.29, 1.82) is 0 Å². The van der Waals surface area contributed by atoms with Crippen molar-refractivity contribution in [3.8, 4) is 0 Å². The lowest BCUT2D eigenvalue weighted by Gasteiger charge is -2.10. The van der Waals surface area contributed by atoms with E-state index in [1.165, 1.54) is 0 Å². The number of aryl methyl sites for hydroxylation is 4. The van der Waals surface area contributed by atoms with Crippen LogP contribution in [0.1, 0.15) is 28.3 Å². The largest absolute Gasteiger partial charge is 0.266 e. The van der Waals surface area contributed by atoms with Crippen LogP contribution < -0.4 is 4.72 Å². The van der Waals surface area contributed by atoms with Crippen molar-refractivity contribution >= 4 is 15.8 Å². The first kappa shape index (κ1) is 16.5. The molecule has 1 aromatic carbocycles. The van der Waals surface area contributed by atoms with Crippen LogP contribution in [0.15, 0.2) is 29.2 Å². The molecule has 0 saturated heterocycles. The molecule has 126 valence electrons. The topological polar surface area (TPSA) is 89.2 Å². The van der Waals surface area contributed by atoms with Gasteiger partial charge >= 0.3 is 0 Å². The molecule has 0 saturated carbocycles. The van der Waals surface area contributed by atoms with Gasteiger partial charge in [0, 0.05) is 11.4 Å². The van der Waals surface area contributed by atoms with Gasteiger partial charge in [0.1, 0.15) is 0 Å². The molecule has 24 heavy (non-hydrogen) atoms. The molecule has 0 aliphatic rings. The molecule has 1 N–H and O–H groups in total. The van der Waals surface area contributed by atoms with Crippen LogP contribution in [0.25, 0.3) is 5.78 Å². The first-order valence-electron chi connectivity index (χ1n) is 7.53. The predicted molar refractivity (Wildman–Crippen MR) is 90.2 cm³/mol. The minimum atomic E-state index is -3.63. The zero-order chi connectivity index (χ0) is 17.5. The van der Waals surface area contributed by atoms with E-state index < -0.39 is 10.0 Å². The number of hydrogen-bond acceptors (Lipinski definition) is 5. The van der Waals surface area contributed by atoms with Gasteiger partial charge in [-0.15, -0.1) is 10.2 Å². The van der Waals surface area contributed by atoms with Gasteiger partial charge in [-0.25, -0.2) is 18.1 Å². The van der Waals surface area contributed by atoms with Crippen LogP contribution >= 0.6 is 0 Å². The van der Waals surface area contributed by atoms with Crippen molar-refractivity contribution < 1.29 is 8.42 Å². The molecule has 0 spiro atoms. The van der Waals surface area contributed by atoms with E-state index >= 15 is 0 Å². The molecule has 8 heteroatoms. The highest BCUT2D eigenvalue weighted by molar-refractivity contribution is 7.89. The smallest absolute Gasteiger partial charge is 0.255 e. The standard InChI is InChI=1S/C16H19N5O2S/c1-10-5-6-11(2)14(7-10)24(22,23)17-9-15-19-20-16-18-12(3)8-13(4)21(15)16/h5-8,17H,9H2,1-4H3. The molecule has 2 aromatic heterocycles. The first-order chi connectivity index (χ1) is 11.3. The highest BCUT2D eigenvalue weighted by Gasteiger charge is 2.18. The van der Waals surface area contributed by atoms with E-state index in [2.05, 4.69) is 19.9 Å². The minimum Gasteiger partial charge on any atom is -0.266 e. The third-order valence-electron chi connectivity index (χ3n) is 3.81. The second kappa shape index (κ2) is 5.95. The van der Waals surface area contributed by atoms with Crippen molar-refractivity contribution in [2.24, 2.45) is 0 Å². The predicted octanol–water partition coefficient (Wildman–Crippen LogP) is 1.84. The minimum absolute atomic E-state index is 0.0441. The molecule has 0 atom stereocenters. The molecular weight excluding hydrogens is 326 g/mol. The Morgan fingerprint density at radius 3 is 2.58 bits per heavy atom. The van der Waals surface area contributed by atoms with E-state index in [1.807, 2.05) is 32.9 Å². The fourth-order valence-corrected chi connectivity index (χ4v) is 3.95. The van der Waals surface area contributed by atoms with Gasteiger partial charge in [0.05, 0.1) is 11.4 Å². The molecule has 0 amide bonds. The van der Waals surface area contributed by atoms with Crippen molar-refractivity contribution in [2.45, 2.75) is 39.1 Å². The van der Waals surface area contributed by atoms with E-state index in [1.54, 1.807) is 23.5 Å². The van der Waals surface area contributed by atoms with Crippen molar-refractivity contribution in [2.75, 3.05) is 0 Å². The van der Waals surface area contributed by atoms with Gasteiger partial charge in [-0.3, -0.25) is 4.40 Å². The summed E-state index contributed by atoms with van der Waals surface area (Å²) in [5.41, 5.74) is 3.34. The highest BCUT2D eigenvalue weighted by Crippen LogP contribution is 2.17. The molecule has 0 aliphatic heterocycles. The van der Waals surface area contributed by atoms with E-state index in [-0.39, 0.29) is 11.4 Å². The number of hydrogen-bond donors (Lipinski definition) is 1. The Morgan fingerprint density at radius 2 is 1.83 bits per heavy atom. The molecule has 0 bridgehead atoms. The van der Waals surface area contributed by atoms with Crippen molar-refractivity contribution in [1.82, 2.24) is 24.3 Å². The third-order valence-corrected chi connectivity index (χ3v) is 5.36. The van der Waals surface area contributed by atoms with Crippen LogP contribution in [-0.2, 0) is 16.6 Å². The summed E-state index contributed by atoms with van der Waals surface area (Å²) in [5.74, 6) is 0.970. The molecule has 2 heterocycles.